The molecule has 1 aromatic rings. The number of hydrogen-bond acceptors (Lipinski definition) is 6. The quantitative estimate of drug-likeness (QED) is 0.490. The van der Waals surface area contributed by atoms with E-state index in [1.54, 1.807) is 0 Å². The van der Waals surface area contributed by atoms with Crippen LogP contribution in [0.3, 0.4) is 0 Å². The summed E-state index contributed by atoms with van der Waals surface area (Å²) in [6.07, 6.45) is 2.25. The molecule has 1 aliphatic rings. The molecule has 2 rings (SSSR count). The normalized spacial score (nSPS) is 17.2. The molecule has 3 amide bonds. The Bertz CT molecular complexity index is 872. The van der Waals surface area contributed by atoms with E-state index in [-0.39, 0.29) is 24.5 Å². The lowest BCUT2D eigenvalue weighted by Crippen LogP contribution is -2.44. The van der Waals surface area contributed by atoms with Gasteiger partial charge in [0.1, 0.15) is 5.82 Å². The molecule has 1 aromatic carbocycles. The maximum absolute atomic E-state index is 13.0. The third-order valence-corrected chi connectivity index (χ3v) is 6.05. The maximum atomic E-state index is 13.0. The minimum Gasteiger partial charge on any atom is -0.455 e. The molecule has 0 spiro atoms. The SMILES string of the molecule is C=CCNC(=O)NC(=O)COC(=O)C1CCCN(S(=O)(=O)c2ccc(F)cc2)C1. The number of sulfonamides is 1. The topological polar surface area (TPSA) is 122 Å². The van der Waals surface area contributed by atoms with Crippen molar-refractivity contribution in [2.45, 2.75) is 17.7 Å². The number of carbonyl (C=O) groups is 3. The lowest BCUT2D eigenvalue weighted by Gasteiger charge is -2.30. The minimum absolute atomic E-state index is 0.0715. The highest BCUT2D eigenvalue weighted by molar-refractivity contribution is 7.89. The number of nitrogens with zero attached hydrogens (tertiary/aromatic N) is 1. The van der Waals surface area contributed by atoms with Crippen molar-refractivity contribution < 1.29 is 31.9 Å². The van der Waals surface area contributed by atoms with Crippen LogP contribution in [0.5, 0.6) is 0 Å². The van der Waals surface area contributed by atoms with Gasteiger partial charge in [-0.3, -0.25) is 14.9 Å². The number of carbonyl (C=O) groups excluding carboxylic acids is 3. The highest BCUT2D eigenvalue weighted by Gasteiger charge is 2.34. The van der Waals surface area contributed by atoms with Crippen molar-refractivity contribution in [1.29, 1.82) is 0 Å². The molecular weight excluding hydrogens is 405 g/mol. The second kappa shape index (κ2) is 10.1. The minimum atomic E-state index is -3.88. The Morgan fingerprint density at radius 3 is 2.62 bits per heavy atom. The van der Waals surface area contributed by atoms with Gasteiger partial charge in [0.15, 0.2) is 6.61 Å². The molecule has 0 saturated carbocycles. The third-order valence-electron chi connectivity index (χ3n) is 4.17. The number of halogens is 1. The number of ether oxygens (including phenoxy) is 1. The monoisotopic (exact) mass is 427 g/mol. The molecule has 9 nitrogen and oxygen atoms in total. The zero-order chi connectivity index (χ0) is 21.4. The van der Waals surface area contributed by atoms with Gasteiger partial charge in [0, 0.05) is 19.6 Å². The average Bonchev–Trinajstić information content (AvgIpc) is 2.71. The summed E-state index contributed by atoms with van der Waals surface area (Å²) in [4.78, 5) is 35.1. The number of urea groups is 1. The average molecular weight is 427 g/mol. The van der Waals surface area contributed by atoms with E-state index < -0.39 is 46.3 Å². The van der Waals surface area contributed by atoms with E-state index >= 15 is 0 Å². The molecule has 1 unspecified atom stereocenters. The van der Waals surface area contributed by atoms with Crippen LogP contribution in [0.1, 0.15) is 12.8 Å². The Kier molecular flexibility index (Phi) is 7.85. The molecule has 158 valence electrons. The summed E-state index contributed by atoms with van der Waals surface area (Å²) in [5.74, 6) is -2.85. The fourth-order valence-corrected chi connectivity index (χ4v) is 4.26. The number of benzene rings is 1. The van der Waals surface area contributed by atoms with Crippen LogP contribution in [0.25, 0.3) is 0 Å². The van der Waals surface area contributed by atoms with Gasteiger partial charge in [-0.05, 0) is 37.1 Å². The predicted molar refractivity (Wildman–Crippen MR) is 101 cm³/mol. The maximum Gasteiger partial charge on any atom is 0.321 e. The van der Waals surface area contributed by atoms with Crippen LogP contribution in [0.2, 0.25) is 0 Å². The molecule has 1 aliphatic heterocycles. The highest BCUT2D eigenvalue weighted by Crippen LogP contribution is 2.24. The second-order valence-electron chi connectivity index (χ2n) is 6.31. The van der Waals surface area contributed by atoms with Crippen molar-refractivity contribution in [3.8, 4) is 0 Å². The number of piperidine rings is 1. The number of esters is 1. The Balaban J connectivity index is 1.90. The first kappa shape index (κ1) is 22.5. The molecule has 1 heterocycles. The third kappa shape index (κ3) is 6.36. The standard InChI is InChI=1S/C18H22FN3O6S/c1-2-9-20-18(25)21-16(23)12-28-17(24)13-4-3-10-22(11-13)29(26,27)15-7-5-14(19)6-8-15/h2,5-8,13H,1,3-4,9-12H2,(H2,20,21,23,25). The summed E-state index contributed by atoms with van der Waals surface area (Å²) in [6, 6.07) is 3.67. The summed E-state index contributed by atoms with van der Waals surface area (Å²) >= 11 is 0. The van der Waals surface area contributed by atoms with Crippen LogP contribution in [0, 0.1) is 11.7 Å². The van der Waals surface area contributed by atoms with Crippen molar-refractivity contribution in [3.05, 3.63) is 42.7 Å². The van der Waals surface area contributed by atoms with Crippen LogP contribution >= 0.6 is 0 Å². The van der Waals surface area contributed by atoms with Crippen molar-refractivity contribution in [3.63, 3.8) is 0 Å². The molecule has 2 N–H and O–H groups in total. The van der Waals surface area contributed by atoms with E-state index in [4.69, 9.17) is 4.74 Å². The molecule has 0 bridgehead atoms. The first-order valence-corrected chi connectivity index (χ1v) is 10.3. The summed E-state index contributed by atoms with van der Waals surface area (Å²) in [7, 11) is -3.88. The first-order valence-electron chi connectivity index (χ1n) is 8.85. The largest absolute Gasteiger partial charge is 0.455 e. The smallest absolute Gasteiger partial charge is 0.321 e. The van der Waals surface area contributed by atoms with E-state index in [0.717, 1.165) is 28.6 Å². The van der Waals surface area contributed by atoms with Gasteiger partial charge in [0.05, 0.1) is 10.8 Å². The molecule has 0 radical (unpaired) electrons. The predicted octanol–water partition coefficient (Wildman–Crippen LogP) is 0.781. The fraction of sp³-hybridized carbons (Fsp3) is 0.389. The van der Waals surface area contributed by atoms with Crippen LogP contribution in [0.4, 0.5) is 9.18 Å². The number of rotatable bonds is 7. The Morgan fingerprint density at radius 1 is 1.28 bits per heavy atom. The van der Waals surface area contributed by atoms with E-state index in [1.165, 1.54) is 6.08 Å². The number of nitrogens with one attached hydrogen (secondary N) is 2. The van der Waals surface area contributed by atoms with Gasteiger partial charge in [-0.25, -0.2) is 17.6 Å². The van der Waals surface area contributed by atoms with Crippen LogP contribution < -0.4 is 10.6 Å². The second-order valence-corrected chi connectivity index (χ2v) is 8.25. The molecular formula is C18H22FN3O6S. The Morgan fingerprint density at radius 2 is 1.97 bits per heavy atom. The zero-order valence-electron chi connectivity index (χ0n) is 15.6. The summed E-state index contributed by atoms with van der Waals surface area (Å²) in [6.45, 7) is 3.01. The summed E-state index contributed by atoms with van der Waals surface area (Å²) in [5.41, 5.74) is 0. The first-order chi connectivity index (χ1) is 13.7. The van der Waals surface area contributed by atoms with E-state index in [1.807, 2.05) is 5.32 Å². The van der Waals surface area contributed by atoms with Gasteiger partial charge in [-0.2, -0.15) is 4.31 Å². The van der Waals surface area contributed by atoms with Gasteiger partial charge in [-0.1, -0.05) is 6.08 Å². The molecule has 29 heavy (non-hydrogen) atoms. The van der Waals surface area contributed by atoms with Crippen LogP contribution in [0.15, 0.2) is 41.8 Å². The molecule has 0 aromatic heterocycles. The van der Waals surface area contributed by atoms with Gasteiger partial charge in [0.2, 0.25) is 10.0 Å². The van der Waals surface area contributed by atoms with E-state index in [2.05, 4.69) is 11.9 Å². The number of hydrogen-bond donors (Lipinski definition) is 2. The lowest BCUT2D eigenvalue weighted by molar-refractivity contribution is -0.153. The number of imide groups is 1. The summed E-state index contributed by atoms with van der Waals surface area (Å²) < 4.78 is 44.4. The zero-order valence-corrected chi connectivity index (χ0v) is 16.4. The lowest BCUT2D eigenvalue weighted by atomic mass is 10.00. The van der Waals surface area contributed by atoms with E-state index in [9.17, 15) is 27.2 Å². The molecule has 1 fully saturated rings. The Labute approximate surface area is 167 Å². The molecule has 1 atom stereocenters. The molecule has 11 heteroatoms. The van der Waals surface area contributed by atoms with Gasteiger partial charge >= 0.3 is 12.0 Å². The van der Waals surface area contributed by atoms with Crippen molar-refractivity contribution >= 4 is 27.9 Å². The summed E-state index contributed by atoms with van der Waals surface area (Å²) in [5, 5.41) is 4.31. The van der Waals surface area contributed by atoms with Gasteiger partial charge in [-0.15, -0.1) is 6.58 Å². The number of amides is 3. The van der Waals surface area contributed by atoms with E-state index in [0.29, 0.717) is 12.8 Å². The van der Waals surface area contributed by atoms with Crippen molar-refractivity contribution in [2.24, 2.45) is 5.92 Å². The van der Waals surface area contributed by atoms with Gasteiger partial charge < -0.3 is 10.1 Å². The van der Waals surface area contributed by atoms with Crippen LogP contribution in [-0.2, 0) is 24.3 Å². The van der Waals surface area contributed by atoms with Crippen LogP contribution in [-0.4, -0.2) is 56.9 Å². The highest BCUT2D eigenvalue weighted by atomic mass is 32.2. The molecule has 0 aliphatic carbocycles. The van der Waals surface area contributed by atoms with Crippen molar-refractivity contribution in [2.75, 3.05) is 26.2 Å². The van der Waals surface area contributed by atoms with Crippen molar-refractivity contribution in [1.82, 2.24) is 14.9 Å². The Hall–Kier alpha value is -2.79. The molecule has 1 saturated heterocycles. The van der Waals surface area contributed by atoms with Gasteiger partial charge in [0.25, 0.3) is 5.91 Å². The fourth-order valence-electron chi connectivity index (χ4n) is 2.74.